The summed E-state index contributed by atoms with van der Waals surface area (Å²) in [5.41, 5.74) is 4.11. The van der Waals surface area contributed by atoms with Crippen LogP contribution in [-0.4, -0.2) is 22.0 Å². The molecule has 24 heavy (non-hydrogen) atoms. The summed E-state index contributed by atoms with van der Waals surface area (Å²) >= 11 is 1.68. The van der Waals surface area contributed by atoms with E-state index in [0.717, 1.165) is 21.8 Å². The molecule has 0 saturated carbocycles. The first kappa shape index (κ1) is 14.9. The van der Waals surface area contributed by atoms with Gasteiger partial charge in [-0.05, 0) is 24.6 Å². The predicted octanol–water partition coefficient (Wildman–Crippen LogP) is 4.32. The number of benzene rings is 2. The van der Waals surface area contributed by atoms with E-state index >= 15 is 0 Å². The summed E-state index contributed by atoms with van der Waals surface area (Å²) in [5.74, 6) is -0.195. The molecule has 0 bridgehead atoms. The third-order valence-electron chi connectivity index (χ3n) is 3.90. The molecule has 2 heterocycles. The number of hydrogen-bond donors (Lipinski definition) is 0. The molecule has 0 spiro atoms. The molecule has 0 aliphatic carbocycles. The third kappa shape index (κ3) is 2.67. The maximum Gasteiger partial charge on any atom is 0.310 e. The Labute approximate surface area is 143 Å². The van der Waals surface area contributed by atoms with Crippen molar-refractivity contribution < 1.29 is 9.53 Å². The van der Waals surface area contributed by atoms with Gasteiger partial charge in [0, 0.05) is 11.8 Å². The van der Waals surface area contributed by atoms with Crippen molar-refractivity contribution in [2.75, 3.05) is 6.61 Å². The lowest BCUT2D eigenvalue weighted by Gasteiger charge is -2.03. The molecule has 2 aromatic carbocycles. The Bertz CT molecular complexity index is 1010. The smallest absolute Gasteiger partial charge is 0.310 e. The molecule has 5 heteroatoms. The number of imidazole rings is 1. The highest BCUT2D eigenvalue weighted by Crippen LogP contribution is 2.29. The number of carbonyl (C=O) groups excluding carboxylic acids is 1. The first-order chi connectivity index (χ1) is 11.7. The molecule has 4 nitrogen and oxygen atoms in total. The van der Waals surface area contributed by atoms with Crippen molar-refractivity contribution in [1.82, 2.24) is 9.38 Å². The molecule has 0 aliphatic heterocycles. The van der Waals surface area contributed by atoms with E-state index in [4.69, 9.17) is 9.72 Å². The van der Waals surface area contributed by atoms with Gasteiger partial charge in [0.05, 0.1) is 28.9 Å². The molecule has 0 amide bonds. The summed E-state index contributed by atoms with van der Waals surface area (Å²) in [6.07, 6.45) is 2.37. The van der Waals surface area contributed by atoms with E-state index in [9.17, 15) is 4.79 Å². The van der Waals surface area contributed by atoms with Gasteiger partial charge in [-0.15, -0.1) is 0 Å². The molecule has 4 rings (SSSR count). The Hall–Kier alpha value is -2.66. The fourth-order valence-electron chi connectivity index (χ4n) is 2.76. The van der Waals surface area contributed by atoms with E-state index in [1.807, 2.05) is 43.3 Å². The topological polar surface area (TPSA) is 43.6 Å². The zero-order valence-corrected chi connectivity index (χ0v) is 14.0. The minimum Gasteiger partial charge on any atom is -0.466 e. The number of ether oxygens (including phenoxy) is 1. The number of carbonyl (C=O) groups is 1. The zero-order chi connectivity index (χ0) is 16.5. The summed E-state index contributed by atoms with van der Waals surface area (Å²) in [5, 5.41) is 0. The fraction of sp³-hybridized carbons (Fsp3) is 0.158. The highest BCUT2D eigenvalue weighted by atomic mass is 32.1. The van der Waals surface area contributed by atoms with E-state index in [-0.39, 0.29) is 5.97 Å². The molecule has 0 saturated heterocycles. The molecule has 4 aromatic rings. The predicted molar refractivity (Wildman–Crippen MR) is 96.3 cm³/mol. The molecular formula is C19H16N2O2S. The third-order valence-corrected chi connectivity index (χ3v) is 4.94. The van der Waals surface area contributed by atoms with Gasteiger partial charge in [0.25, 0.3) is 0 Å². The Morgan fingerprint density at radius 2 is 1.96 bits per heavy atom. The van der Waals surface area contributed by atoms with Crippen molar-refractivity contribution in [3.8, 4) is 11.3 Å². The monoisotopic (exact) mass is 336 g/mol. The van der Waals surface area contributed by atoms with Crippen LogP contribution in [0.3, 0.4) is 0 Å². The first-order valence-electron chi connectivity index (χ1n) is 7.86. The van der Waals surface area contributed by atoms with Crippen LogP contribution in [0.25, 0.3) is 26.4 Å². The van der Waals surface area contributed by atoms with Crippen molar-refractivity contribution >= 4 is 32.5 Å². The Balaban J connectivity index is 1.63. The van der Waals surface area contributed by atoms with Crippen molar-refractivity contribution in [2.45, 2.75) is 13.3 Å². The van der Waals surface area contributed by atoms with E-state index in [1.165, 1.54) is 10.2 Å². The summed E-state index contributed by atoms with van der Waals surface area (Å²) in [6.45, 7) is 2.23. The van der Waals surface area contributed by atoms with Crippen LogP contribution in [0.5, 0.6) is 0 Å². The largest absolute Gasteiger partial charge is 0.466 e. The number of esters is 1. The normalized spacial score (nSPS) is 11.2. The van der Waals surface area contributed by atoms with Gasteiger partial charge in [-0.25, -0.2) is 4.98 Å². The molecule has 0 fully saturated rings. The molecule has 0 unspecified atom stereocenters. The number of fused-ring (bicyclic) bond motifs is 3. The van der Waals surface area contributed by atoms with Crippen molar-refractivity contribution in [1.29, 1.82) is 0 Å². The lowest BCUT2D eigenvalue weighted by atomic mass is 10.1. The molecule has 120 valence electrons. The average Bonchev–Trinajstić information content (AvgIpc) is 3.13. The molecule has 0 N–H and O–H groups in total. The lowest BCUT2D eigenvalue weighted by Crippen LogP contribution is -2.07. The van der Waals surface area contributed by atoms with Crippen LogP contribution in [-0.2, 0) is 16.0 Å². The number of para-hydroxylation sites is 1. The van der Waals surface area contributed by atoms with Gasteiger partial charge in [-0.1, -0.05) is 47.7 Å². The van der Waals surface area contributed by atoms with Gasteiger partial charge in [0.1, 0.15) is 0 Å². The Morgan fingerprint density at radius 1 is 1.17 bits per heavy atom. The van der Waals surface area contributed by atoms with Crippen LogP contribution in [0, 0.1) is 0 Å². The number of thiazole rings is 1. The standard InChI is InChI=1S/C19H16N2O2S/c1-2-23-18(22)11-13-7-9-14(10-8-13)15-12-21-16-5-3-4-6-17(16)24-19(21)20-15/h3-10,12H,2,11H2,1H3. The van der Waals surface area contributed by atoms with Gasteiger partial charge in [-0.3, -0.25) is 9.20 Å². The quantitative estimate of drug-likeness (QED) is 0.521. The maximum atomic E-state index is 11.5. The van der Waals surface area contributed by atoms with Crippen LogP contribution in [0.2, 0.25) is 0 Å². The molecule has 0 radical (unpaired) electrons. The van der Waals surface area contributed by atoms with Crippen LogP contribution in [0.15, 0.2) is 54.7 Å². The first-order valence-corrected chi connectivity index (χ1v) is 8.68. The minimum atomic E-state index is -0.195. The summed E-state index contributed by atoms with van der Waals surface area (Å²) in [7, 11) is 0. The maximum absolute atomic E-state index is 11.5. The Morgan fingerprint density at radius 3 is 2.75 bits per heavy atom. The number of nitrogens with zero attached hydrogens (tertiary/aromatic N) is 2. The Kier molecular flexibility index (Phi) is 3.78. The molecular weight excluding hydrogens is 320 g/mol. The van der Waals surface area contributed by atoms with Gasteiger partial charge in [0.15, 0.2) is 4.96 Å². The van der Waals surface area contributed by atoms with Crippen molar-refractivity contribution in [3.05, 3.63) is 60.3 Å². The van der Waals surface area contributed by atoms with Crippen molar-refractivity contribution in [2.24, 2.45) is 0 Å². The number of hydrogen-bond acceptors (Lipinski definition) is 4. The minimum absolute atomic E-state index is 0.195. The molecule has 0 aliphatic rings. The van der Waals surface area contributed by atoms with Crippen LogP contribution in [0.1, 0.15) is 12.5 Å². The summed E-state index contributed by atoms with van der Waals surface area (Å²) < 4.78 is 8.34. The second kappa shape index (κ2) is 6.09. The summed E-state index contributed by atoms with van der Waals surface area (Å²) in [4.78, 5) is 17.3. The molecule has 2 aromatic heterocycles. The number of aromatic nitrogens is 2. The van der Waals surface area contributed by atoms with Crippen LogP contribution in [0.4, 0.5) is 0 Å². The van der Waals surface area contributed by atoms with E-state index in [1.54, 1.807) is 11.3 Å². The van der Waals surface area contributed by atoms with E-state index < -0.39 is 0 Å². The number of rotatable bonds is 4. The van der Waals surface area contributed by atoms with Crippen LogP contribution >= 0.6 is 11.3 Å². The highest BCUT2D eigenvalue weighted by Gasteiger charge is 2.10. The molecule has 0 atom stereocenters. The average molecular weight is 336 g/mol. The lowest BCUT2D eigenvalue weighted by molar-refractivity contribution is -0.142. The zero-order valence-electron chi connectivity index (χ0n) is 13.2. The SMILES string of the molecule is CCOC(=O)Cc1ccc(-c2cn3c(n2)sc2ccccc23)cc1. The van der Waals surface area contributed by atoms with Crippen LogP contribution < -0.4 is 0 Å². The van der Waals surface area contributed by atoms with E-state index in [0.29, 0.717) is 13.0 Å². The van der Waals surface area contributed by atoms with Gasteiger partial charge in [-0.2, -0.15) is 0 Å². The summed E-state index contributed by atoms with van der Waals surface area (Å²) in [6, 6.07) is 16.2. The van der Waals surface area contributed by atoms with E-state index in [2.05, 4.69) is 22.7 Å². The van der Waals surface area contributed by atoms with Gasteiger partial charge in [0.2, 0.25) is 0 Å². The second-order valence-corrected chi connectivity index (χ2v) is 6.54. The fourth-order valence-corrected chi connectivity index (χ4v) is 3.77. The highest BCUT2D eigenvalue weighted by molar-refractivity contribution is 7.23. The van der Waals surface area contributed by atoms with Crippen molar-refractivity contribution in [3.63, 3.8) is 0 Å². The second-order valence-electron chi connectivity index (χ2n) is 5.53. The van der Waals surface area contributed by atoms with Gasteiger partial charge >= 0.3 is 5.97 Å². The van der Waals surface area contributed by atoms with Gasteiger partial charge < -0.3 is 4.74 Å².